The van der Waals surface area contributed by atoms with Crippen molar-refractivity contribution in [2.24, 2.45) is 5.10 Å². The van der Waals surface area contributed by atoms with Crippen molar-refractivity contribution in [2.45, 2.75) is 26.2 Å². The zero-order valence-corrected chi connectivity index (χ0v) is 17.1. The Labute approximate surface area is 175 Å². The lowest BCUT2D eigenvalue weighted by Crippen LogP contribution is -2.20. The molecule has 4 rings (SSSR count). The van der Waals surface area contributed by atoms with Crippen LogP contribution in [0.1, 0.15) is 40.7 Å². The van der Waals surface area contributed by atoms with Crippen LogP contribution < -0.4 is 14.9 Å². The van der Waals surface area contributed by atoms with E-state index < -0.39 is 0 Å². The van der Waals surface area contributed by atoms with E-state index in [1.54, 1.807) is 13.3 Å². The van der Waals surface area contributed by atoms with E-state index in [9.17, 15) is 4.79 Å². The summed E-state index contributed by atoms with van der Waals surface area (Å²) in [4.78, 5) is 12.8. The molecule has 1 aromatic heterocycles. The first-order valence-corrected chi connectivity index (χ1v) is 10.0. The molecule has 7 nitrogen and oxygen atoms in total. The largest absolute Gasteiger partial charge is 0.493 e. The van der Waals surface area contributed by atoms with Gasteiger partial charge < -0.3 is 9.47 Å². The van der Waals surface area contributed by atoms with Gasteiger partial charge in [0.05, 0.1) is 25.6 Å². The van der Waals surface area contributed by atoms with Gasteiger partial charge in [0, 0.05) is 11.3 Å². The number of hydrazone groups is 1. The third-order valence-electron chi connectivity index (χ3n) is 5.01. The highest BCUT2D eigenvalue weighted by Gasteiger charge is 2.26. The number of aromatic nitrogens is 2. The highest BCUT2D eigenvalue weighted by atomic mass is 16.5. The number of methoxy groups -OCH3 is 1. The second-order valence-corrected chi connectivity index (χ2v) is 6.92. The zero-order valence-electron chi connectivity index (χ0n) is 17.1. The first kappa shape index (κ1) is 19.7. The van der Waals surface area contributed by atoms with E-state index in [1.165, 1.54) is 0 Å². The van der Waals surface area contributed by atoms with Gasteiger partial charge in [-0.25, -0.2) is 10.1 Å². The first-order valence-electron chi connectivity index (χ1n) is 10.0. The summed E-state index contributed by atoms with van der Waals surface area (Å²) in [6.45, 7) is 2.44. The molecular weight excluding hydrogens is 380 g/mol. The van der Waals surface area contributed by atoms with Gasteiger partial charge in [-0.1, -0.05) is 18.2 Å². The summed E-state index contributed by atoms with van der Waals surface area (Å²) in [5, 5.41) is 8.69. The Kier molecular flexibility index (Phi) is 5.79. The van der Waals surface area contributed by atoms with Crippen molar-refractivity contribution in [1.82, 2.24) is 15.2 Å². The number of rotatable bonds is 7. The molecule has 7 heteroatoms. The molecule has 3 aromatic rings. The zero-order chi connectivity index (χ0) is 20.9. The van der Waals surface area contributed by atoms with Crippen molar-refractivity contribution >= 4 is 12.1 Å². The molecule has 1 aliphatic rings. The third-order valence-corrected chi connectivity index (χ3v) is 5.01. The molecule has 0 bridgehead atoms. The molecule has 2 aromatic carbocycles. The summed E-state index contributed by atoms with van der Waals surface area (Å²) in [5.74, 6) is 0.979. The molecule has 0 unspecified atom stereocenters. The van der Waals surface area contributed by atoms with Crippen LogP contribution in [-0.4, -0.2) is 35.6 Å². The van der Waals surface area contributed by atoms with E-state index in [0.29, 0.717) is 23.8 Å². The molecule has 1 amide bonds. The molecule has 0 saturated heterocycles. The number of fused-ring (bicyclic) bond motifs is 1. The van der Waals surface area contributed by atoms with Gasteiger partial charge >= 0.3 is 0 Å². The van der Waals surface area contributed by atoms with Crippen LogP contribution in [0.4, 0.5) is 0 Å². The third kappa shape index (κ3) is 3.91. The van der Waals surface area contributed by atoms with E-state index in [4.69, 9.17) is 9.47 Å². The summed E-state index contributed by atoms with van der Waals surface area (Å²) >= 11 is 0. The summed E-state index contributed by atoms with van der Waals surface area (Å²) in [6, 6.07) is 15.4. The summed E-state index contributed by atoms with van der Waals surface area (Å²) in [5.41, 5.74) is 6.90. The Balaban J connectivity index is 1.52. The molecule has 0 spiro atoms. The van der Waals surface area contributed by atoms with E-state index in [0.717, 1.165) is 41.8 Å². The van der Waals surface area contributed by atoms with Crippen molar-refractivity contribution in [2.75, 3.05) is 13.7 Å². The fourth-order valence-corrected chi connectivity index (χ4v) is 3.66. The van der Waals surface area contributed by atoms with Gasteiger partial charge in [0.25, 0.3) is 5.91 Å². The molecule has 30 heavy (non-hydrogen) atoms. The average molecular weight is 404 g/mol. The number of hydrogen-bond acceptors (Lipinski definition) is 5. The first-order chi connectivity index (χ1) is 14.7. The van der Waals surface area contributed by atoms with Crippen LogP contribution in [0.15, 0.2) is 53.6 Å². The number of para-hydroxylation sites is 1. The Morgan fingerprint density at radius 1 is 1.20 bits per heavy atom. The van der Waals surface area contributed by atoms with Gasteiger partial charge in [0.1, 0.15) is 0 Å². The minimum absolute atomic E-state index is 0.308. The van der Waals surface area contributed by atoms with Crippen LogP contribution in [0.25, 0.3) is 5.69 Å². The number of amides is 1. The number of ether oxygens (including phenoxy) is 2. The maximum absolute atomic E-state index is 12.8. The second-order valence-electron chi connectivity index (χ2n) is 6.92. The topological polar surface area (TPSA) is 77.7 Å². The minimum Gasteiger partial charge on any atom is -0.493 e. The van der Waals surface area contributed by atoms with Crippen molar-refractivity contribution in [3.63, 3.8) is 0 Å². The summed E-state index contributed by atoms with van der Waals surface area (Å²) in [6.07, 6.45) is 4.37. The van der Waals surface area contributed by atoms with Crippen molar-refractivity contribution in [3.05, 3.63) is 71.0 Å². The SMILES string of the molecule is CCOc1cc(/C=N/NC(=O)c2nn(-c3ccccc3)c3c2CCC3)ccc1OC. The number of benzene rings is 2. The molecule has 0 saturated carbocycles. The fraction of sp³-hybridized carbons (Fsp3) is 0.261. The Morgan fingerprint density at radius 2 is 2.03 bits per heavy atom. The highest BCUT2D eigenvalue weighted by Crippen LogP contribution is 2.28. The average Bonchev–Trinajstić information content (AvgIpc) is 3.37. The predicted octanol–water partition coefficient (Wildman–Crippen LogP) is 3.53. The Bertz CT molecular complexity index is 1070. The second kappa shape index (κ2) is 8.82. The fourth-order valence-electron chi connectivity index (χ4n) is 3.66. The number of hydrogen-bond donors (Lipinski definition) is 1. The molecule has 0 aliphatic heterocycles. The molecule has 1 heterocycles. The Morgan fingerprint density at radius 3 is 2.80 bits per heavy atom. The monoisotopic (exact) mass is 404 g/mol. The van der Waals surface area contributed by atoms with Gasteiger partial charge in [-0.3, -0.25) is 4.79 Å². The predicted molar refractivity (Wildman–Crippen MR) is 115 cm³/mol. The van der Waals surface area contributed by atoms with E-state index >= 15 is 0 Å². The molecular formula is C23H24N4O3. The van der Waals surface area contributed by atoms with Crippen molar-refractivity contribution in [1.29, 1.82) is 0 Å². The van der Waals surface area contributed by atoms with Gasteiger partial charge in [-0.15, -0.1) is 0 Å². The van der Waals surface area contributed by atoms with Crippen LogP contribution in [0, 0.1) is 0 Å². The van der Waals surface area contributed by atoms with Crippen LogP contribution in [0.5, 0.6) is 11.5 Å². The minimum atomic E-state index is -0.308. The lowest BCUT2D eigenvalue weighted by atomic mass is 10.2. The lowest BCUT2D eigenvalue weighted by Gasteiger charge is -2.09. The number of nitrogens with one attached hydrogen (secondary N) is 1. The molecule has 0 radical (unpaired) electrons. The van der Waals surface area contributed by atoms with E-state index in [1.807, 2.05) is 60.1 Å². The van der Waals surface area contributed by atoms with Crippen molar-refractivity contribution < 1.29 is 14.3 Å². The van der Waals surface area contributed by atoms with Crippen LogP contribution in [0.2, 0.25) is 0 Å². The quantitative estimate of drug-likeness (QED) is 0.483. The van der Waals surface area contributed by atoms with Gasteiger partial charge in [0.2, 0.25) is 0 Å². The number of carbonyl (C=O) groups excluding carboxylic acids is 1. The number of carbonyl (C=O) groups is 1. The maximum atomic E-state index is 12.8. The van der Waals surface area contributed by atoms with E-state index in [2.05, 4.69) is 15.6 Å². The molecule has 0 fully saturated rings. The van der Waals surface area contributed by atoms with Crippen LogP contribution >= 0.6 is 0 Å². The van der Waals surface area contributed by atoms with Gasteiger partial charge in [-0.2, -0.15) is 10.2 Å². The summed E-state index contributed by atoms with van der Waals surface area (Å²) < 4.78 is 12.7. The molecule has 0 atom stereocenters. The maximum Gasteiger partial charge on any atom is 0.292 e. The van der Waals surface area contributed by atoms with Gasteiger partial charge in [0.15, 0.2) is 17.2 Å². The molecule has 1 N–H and O–H groups in total. The lowest BCUT2D eigenvalue weighted by molar-refractivity contribution is 0.0949. The number of nitrogens with zero attached hydrogens (tertiary/aromatic N) is 3. The molecule has 1 aliphatic carbocycles. The van der Waals surface area contributed by atoms with Crippen molar-refractivity contribution in [3.8, 4) is 17.2 Å². The van der Waals surface area contributed by atoms with Crippen LogP contribution in [-0.2, 0) is 12.8 Å². The smallest absolute Gasteiger partial charge is 0.292 e. The Hall–Kier alpha value is -3.61. The van der Waals surface area contributed by atoms with Gasteiger partial charge in [-0.05, 0) is 62.1 Å². The molecule has 154 valence electrons. The highest BCUT2D eigenvalue weighted by molar-refractivity contribution is 5.95. The standard InChI is InChI=1S/C23H24N4O3/c1-3-30-21-14-16(12-13-20(21)29-2)15-24-25-23(28)22-18-10-7-11-19(18)27(26-22)17-8-5-4-6-9-17/h4-6,8-9,12-15H,3,7,10-11H2,1-2H3,(H,25,28)/b24-15+. The van der Waals surface area contributed by atoms with Crippen LogP contribution in [0.3, 0.4) is 0 Å². The summed E-state index contributed by atoms with van der Waals surface area (Å²) in [7, 11) is 1.60. The van der Waals surface area contributed by atoms with E-state index in [-0.39, 0.29) is 5.91 Å². The normalized spacial score (nSPS) is 12.7.